The van der Waals surface area contributed by atoms with Crippen molar-refractivity contribution in [3.05, 3.63) is 65.2 Å². The molecule has 2 aliphatic rings. The molecule has 6 nitrogen and oxygen atoms in total. The minimum atomic E-state index is -0.636. The Labute approximate surface area is 186 Å². The van der Waals surface area contributed by atoms with E-state index in [1.54, 1.807) is 33.0 Å². The van der Waals surface area contributed by atoms with Crippen molar-refractivity contribution in [1.29, 1.82) is 0 Å². The van der Waals surface area contributed by atoms with E-state index in [-0.39, 0.29) is 17.1 Å². The predicted molar refractivity (Wildman–Crippen MR) is 123 cm³/mol. The molecule has 3 unspecified atom stereocenters. The smallest absolute Gasteiger partial charge is 0.247 e. The Morgan fingerprint density at radius 2 is 1.74 bits per heavy atom. The molecular formula is C24H25N3O3S. The zero-order valence-electron chi connectivity index (χ0n) is 17.9. The molecule has 160 valence electrons. The quantitative estimate of drug-likeness (QED) is 0.771. The van der Waals surface area contributed by atoms with Crippen molar-refractivity contribution in [2.75, 3.05) is 21.2 Å². The molecule has 1 heterocycles. The molecule has 4 rings (SSSR count). The van der Waals surface area contributed by atoms with Gasteiger partial charge in [0, 0.05) is 41.8 Å². The molecular weight excluding hydrogens is 410 g/mol. The maximum Gasteiger partial charge on any atom is 0.247 e. The van der Waals surface area contributed by atoms with Gasteiger partial charge in [-0.15, -0.1) is 11.8 Å². The summed E-state index contributed by atoms with van der Waals surface area (Å²) in [4.78, 5) is 32.4. The van der Waals surface area contributed by atoms with Gasteiger partial charge in [-0.25, -0.2) is 0 Å². The van der Waals surface area contributed by atoms with Crippen molar-refractivity contribution in [3.63, 3.8) is 0 Å². The van der Waals surface area contributed by atoms with Crippen molar-refractivity contribution in [2.24, 2.45) is 10.9 Å². The first-order valence-electron chi connectivity index (χ1n) is 10.1. The Morgan fingerprint density at radius 1 is 1.03 bits per heavy atom. The van der Waals surface area contributed by atoms with E-state index in [9.17, 15) is 9.59 Å². The number of benzene rings is 2. The van der Waals surface area contributed by atoms with Gasteiger partial charge in [-0.3, -0.25) is 14.6 Å². The lowest BCUT2D eigenvalue weighted by Crippen LogP contribution is -2.48. The first-order chi connectivity index (χ1) is 15.0. The van der Waals surface area contributed by atoms with Crippen molar-refractivity contribution >= 4 is 35.0 Å². The van der Waals surface area contributed by atoms with Gasteiger partial charge >= 0.3 is 0 Å². The van der Waals surface area contributed by atoms with Crippen LogP contribution < -0.4 is 15.4 Å². The lowest BCUT2D eigenvalue weighted by Gasteiger charge is -2.40. The maximum atomic E-state index is 13.3. The molecule has 7 heteroatoms. The SMILES string of the molecule is CNC(=O)C1=C(C)C2Sc3ccccc3N=C2C(C(=O)NC)C1c1ccccc1OC. The van der Waals surface area contributed by atoms with Crippen LogP contribution in [0.15, 0.2) is 69.6 Å². The summed E-state index contributed by atoms with van der Waals surface area (Å²) in [6, 6.07) is 15.4. The monoisotopic (exact) mass is 435 g/mol. The fraction of sp³-hybridized carbons (Fsp3) is 0.292. The number of hydrogen-bond donors (Lipinski definition) is 2. The van der Waals surface area contributed by atoms with Crippen LogP contribution in [0.2, 0.25) is 0 Å². The first-order valence-corrected chi connectivity index (χ1v) is 11.0. The average molecular weight is 436 g/mol. The van der Waals surface area contributed by atoms with E-state index in [4.69, 9.17) is 9.73 Å². The van der Waals surface area contributed by atoms with E-state index >= 15 is 0 Å². The minimum Gasteiger partial charge on any atom is -0.496 e. The molecule has 0 saturated heterocycles. The number of ether oxygens (including phenoxy) is 1. The third kappa shape index (κ3) is 3.53. The molecule has 0 spiro atoms. The fourth-order valence-corrected chi connectivity index (χ4v) is 5.72. The summed E-state index contributed by atoms with van der Waals surface area (Å²) in [5, 5.41) is 5.39. The van der Waals surface area contributed by atoms with Crippen molar-refractivity contribution in [1.82, 2.24) is 10.6 Å². The number of carbonyl (C=O) groups is 2. The molecule has 1 aliphatic heterocycles. The molecule has 3 atom stereocenters. The number of nitrogens with zero attached hydrogens (tertiary/aromatic N) is 1. The van der Waals surface area contributed by atoms with Gasteiger partial charge in [-0.1, -0.05) is 30.3 Å². The third-order valence-electron chi connectivity index (χ3n) is 5.88. The predicted octanol–water partition coefficient (Wildman–Crippen LogP) is 3.46. The van der Waals surface area contributed by atoms with Gasteiger partial charge in [0.15, 0.2) is 0 Å². The van der Waals surface area contributed by atoms with Crippen molar-refractivity contribution in [2.45, 2.75) is 23.0 Å². The van der Waals surface area contributed by atoms with Crippen LogP contribution in [-0.2, 0) is 9.59 Å². The van der Waals surface area contributed by atoms with Crippen molar-refractivity contribution < 1.29 is 14.3 Å². The highest BCUT2D eigenvalue weighted by atomic mass is 32.2. The number of thioether (sulfide) groups is 1. The van der Waals surface area contributed by atoms with Gasteiger partial charge in [-0.05, 0) is 30.7 Å². The highest BCUT2D eigenvalue weighted by Crippen LogP contribution is 2.51. The molecule has 2 N–H and O–H groups in total. The number of hydrogen-bond acceptors (Lipinski definition) is 5. The van der Waals surface area contributed by atoms with E-state index < -0.39 is 11.8 Å². The van der Waals surface area contributed by atoms with Crippen LogP contribution in [0.25, 0.3) is 0 Å². The fourth-order valence-electron chi connectivity index (χ4n) is 4.46. The Hall–Kier alpha value is -3.06. The lowest BCUT2D eigenvalue weighted by molar-refractivity contribution is -0.123. The van der Waals surface area contributed by atoms with E-state index in [1.807, 2.05) is 55.5 Å². The largest absolute Gasteiger partial charge is 0.496 e. The molecule has 1 aliphatic carbocycles. The van der Waals surface area contributed by atoms with E-state index in [0.717, 1.165) is 27.4 Å². The second-order valence-corrected chi connectivity index (χ2v) is 8.64. The van der Waals surface area contributed by atoms with Crippen molar-refractivity contribution in [3.8, 4) is 5.75 Å². The van der Waals surface area contributed by atoms with Crippen LogP contribution in [0.3, 0.4) is 0 Å². The molecule has 31 heavy (non-hydrogen) atoms. The summed E-state index contributed by atoms with van der Waals surface area (Å²) in [6.45, 7) is 1.97. The van der Waals surface area contributed by atoms with E-state index in [1.165, 1.54) is 0 Å². The summed E-state index contributed by atoms with van der Waals surface area (Å²) < 4.78 is 5.62. The molecule has 2 amide bonds. The summed E-state index contributed by atoms with van der Waals surface area (Å²) >= 11 is 1.64. The van der Waals surface area contributed by atoms with Crippen LogP contribution in [0, 0.1) is 5.92 Å². The number of para-hydroxylation sites is 2. The summed E-state index contributed by atoms with van der Waals surface area (Å²) in [5.74, 6) is -0.882. The first kappa shape index (κ1) is 21.2. The number of carbonyl (C=O) groups excluding carboxylic acids is 2. The van der Waals surface area contributed by atoms with Gasteiger partial charge in [0.2, 0.25) is 11.8 Å². The number of methoxy groups -OCH3 is 1. The number of fused-ring (bicyclic) bond motifs is 2. The van der Waals surface area contributed by atoms with Gasteiger partial charge in [0.25, 0.3) is 0 Å². The average Bonchev–Trinajstić information content (AvgIpc) is 2.81. The molecule has 0 saturated carbocycles. The molecule has 2 aromatic carbocycles. The molecule has 2 aromatic rings. The van der Waals surface area contributed by atoms with E-state index in [0.29, 0.717) is 11.3 Å². The Kier molecular flexibility index (Phi) is 5.87. The van der Waals surface area contributed by atoms with Gasteiger partial charge < -0.3 is 15.4 Å². The van der Waals surface area contributed by atoms with E-state index in [2.05, 4.69) is 10.6 Å². The summed E-state index contributed by atoms with van der Waals surface area (Å²) in [6.07, 6.45) is 0. The summed E-state index contributed by atoms with van der Waals surface area (Å²) in [5.41, 5.74) is 3.92. The second-order valence-electron chi connectivity index (χ2n) is 7.49. The highest BCUT2D eigenvalue weighted by molar-refractivity contribution is 8.01. The molecule has 0 aromatic heterocycles. The number of likely N-dealkylation sites (N-methyl/N-ethyl adjacent to an activating group) is 1. The number of nitrogens with one attached hydrogen (secondary N) is 2. The van der Waals surface area contributed by atoms with Crippen LogP contribution in [0.4, 0.5) is 5.69 Å². The number of aliphatic imine (C=N–C) groups is 1. The maximum absolute atomic E-state index is 13.3. The number of rotatable bonds is 4. The zero-order chi connectivity index (χ0) is 22.1. The third-order valence-corrected chi connectivity index (χ3v) is 7.31. The zero-order valence-corrected chi connectivity index (χ0v) is 18.7. The Bertz CT molecular complexity index is 1110. The minimum absolute atomic E-state index is 0.173. The van der Waals surface area contributed by atoms with Crippen LogP contribution >= 0.6 is 11.8 Å². The van der Waals surface area contributed by atoms with Gasteiger partial charge in [0.05, 0.1) is 24.0 Å². The van der Waals surface area contributed by atoms with Crippen LogP contribution in [0.5, 0.6) is 5.75 Å². The Balaban J connectivity index is 2.02. The second kappa shape index (κ2) is 8.59. The number of amides is 2. The topological polar surface area (TPSA) is 79.8 Å². The summed E-state index contributed by atoms with van der Waals surface area (Å²) in [7, 11) is 4.83. The normalized spacial score (nSPS) is 22.1. The lowest BCUT2D eigenvalue weighted by atomic mass is 9.69. The van der Waals surface area contributed by atoms with Gasteiger partial charge in [-0.2, -0.15) is 0 Å². The molecule has 0 bridgehead atoms. The molecule has 0 radical (unpaired) electrons. The molecule has 0 fully saturated rings. The van der Waals surface area contributed by atoms with Crippen LogP contribution in [0.1, 0.15) is 18.4 Å². The Morgan fingerprint density at radius 3 is 2.45 bits per heavy atom. The van der Waals surface area contributed by atoms with Gasteiger partial charge in [0.1, 0.15) is 5.75 Å². The van der Waals surface area contributed by atoms with Crippen LogP contribution in [-0.4, -0.2) is 44.0 Å². The highest BCUT2D eigenvalue weighted by Gasteiger charge is 2.48. The standard InChI is InChI=1S/C24H25N3O3S/c1-13-18(23(28)25-2)19(14-9-5-7-11-16(14)30-4)20(24(29)26-3)21-22(13)31-17-12-8-6-10-15(17)27-21/h5-12,19-20,22H,1-4H3,(H,25,28)(H,26,29).